The van der Waals surface area contributed by atoms with Crippen LogP contribution in [0.2, 0.25) is 0 Å². The minimum Gasteiger partial charge on any atom is -0.493 e. The maximum Gasteiger partial charge on any atom is 0.322 e. The third kappa shape index (κ3) is 4.85. The van der Waals surface area contributed by atoms with Crippen molar-refractivity contribution in [2.24, 2.45) is 11.7 Å². The molecule has 2 atom stereocenters. The summed E-state index contributed by atoms with van der Waals surface area (Å²) in [5.74, 6) is -2.87. The molecule has 7 nitrogen and oxygen atoms in total. The number of methoxy groups -OCH3 is 2. The minimum absolute atomic E-state index is 0.397. The molecule has 1 aromatic carbocycles. The summed E-state index contributed by atoms with van der Waals surface area (Å²) in [5, 5.41) is 9.36. The van der Waals surface area contributed by atoms with Crippen molar-refractivity contribution in [2.45, 2.75) is 32.4 Å². The fraction of sp³-hybridized carbons (Fsp3) is 0.500. The van der Waals surface area contributed by atoms with Gasteiger partial charge in [0, 0.05) is 0 Å². The van der Waals surface area contributed by atoms with Crippen LogP contribution in [0.3, 0.4) is 0 Å². The van der Waals surface area contributed by atoms with E-state index in [0.29, 0.717) is 17.1 Å². The molecule has 1 rings (SSSR count). The molecule has 0 aliphatic heterocycles. The summed E-state index contributed by atoms with van der Waals surface area (Å²) in [5.41, 5.74) is 5.62. The molecule has 0 amide bonds. The van der Waals surface area contributed by atoms with Crippen molar-refractivity contribution >= 4 is 11.9 Å². The molecule has 0 heterocycles. The highest BCUT2D eigenvalue weighted by Crippen LogP contribution is 2.32. The summed E-state index contributed by atoms with van der Waals surface area (Å²) in [6.45, 7) is 4.98. The number of aliphatic carboxylic acids is 1. The second-order valence-corrected chi connectivity index (χ2v) is 5.99. The summed E-state index contributed by atoms with van der Waals surface area (Å²) >= 11 is 0. The van der Waals surface area contributed by atoms with E-state index >= 15 is 0 Å². The Morgan fingerprint density at radius 2 is 1.70 bits per heavy atom. The van der Waals surface area contributed by atoms with Crippen molar-refractivity contribution in [1.82, 2.24) is 0 Å². The van der Waals surface area contributed by atoms with E-state index in [0.717, 1.165) is 0 Å². The number of carbonyl (C=O) groups is 2. The molecule has 0 fully saturated rings. The lowest BCUT2D eigenvalue weighted by molar-refractivity contribution is -0.167. The molecule has 0 radical (unpaired) electrons. The van der Waals surface area contributed by atoms with Crippen molar-refractivity contribution in [1.29, 1.82) is 0 Å². The van der Waals surface area contributed by atoms with Gasteiger partial charge in [-0.3, -0.25) is 9.59 Å². The van der Waals surface area contributed by atoms with Crippen molar-refractivity contribution in [3.8, 4) is 11.5 Å². The van der Waals surface area contributed by atoms with E-state index in [2.05, 4.69) is 0 Å². The second kappa shape index (κ2) is 7.32. The van der Waals surface area contributed by atoms with Crippen molar-refractivity contribution in [3.05, 3.63) is 23.8 Å². The van der Waals surface area contributed by atoms with Crippen LogP contribution >= 0.6 is 0 Å². The zero-order valence-corrected chi connectivity index (χ0v) is 14.0. The second-order valence-electron chi connectivity index (χ2n) is 5.99. The summed E-state index contributed by atoms with van der Waals surface area (Å²) < 4.78 is 15.4. The fourth-order valence-electron chi connectivity index (χ4n) is 2.02. The fourth-order valence-corrected chi connectivity index (χ4v) is 2.02. The Bertz CT molecular complexity index is 578. The Hall–Kier alpha value is -2.28. The van der Waals surface area contributed by atoms with Gasteiger partial charge in [-0.25, -0.2) is 0 Å². The number of ether oxygens (including phenoxy) is 3. The Balaban J connectivity index is 3.14. The van der Waals surface area contributed by atoms with Crippen LogP contribution in [0.5, 0.6) is 11.5 Å². The maximum atomic E-state index is 12.2. The van der Waals surface area contributed by atoms with E-state index in [4.69, 9.17) is 19.9 Å². The summed E-state index contributed by atoms with van der Waals surface area (Å²) in [7, 11) is 2.94. The number of hydrogen-bond donors (Lipinski definition) is 2. The molecule has 128 valence electrons. The molecule has 23 heavy (non-hydrogen) atoms. The van der Waals surface area contributed by atoms with Crippen LogP contribution in [0.1, 0.15) is 32.4 Å². The molecular formula is C16H23NO6. The number of benzene rings is 1. The summed E-state index contributed by atoms with van der Waals surface area (Å²) in [6.07, 6.45) is 0. The quantitative estimate of drug-likeness (QED) is 0.606. The standard InChI is InChI=1S/C16H23NO6/c1-16(2,3)23-15(20)12(14(18)19)13(17)9-6-7-10(21-4)11(8-9)22-5/h6-8,12-13H,17H2,1-5H3,(H,18,19)/t12-,13?/m0/s1. The number of hydrogen-bond acceptors (Lipinski definition) is 6. The number of nitrogens with two attached hydrogens (primary N) is 1. The number of carbonyl (C=O) groups excluding carboxylic acids is 1. The van der Waals surface area contributed by atoms with Gasteiger partial charge in [0.25, 0.3) is 0 Å². The van der Waals surface area contributed by atoms with Gasteiger partial charge in [-0.05, 0) is 38.5 Å². The molecule has 1 aromatic rings. The molecule has 0 spiro atoms. The lowest BCUT2D eigenvalue weighted by Crippen LogP contribution is -2.39. The Morgan fingerprint density at radius 1 is 1.13 bits per heavy atom. The molecule has 0 bridgehead atoms. The largest absolute Gasteiger partial charge is 0.493 e. The molecule has 0 saturated heterocycles. The molecule has 7 heteroatoms. The van der Waals surface area contributed by atoms with Crippen molar-refractivity contribution < 1.29 is 28.9 Å². The monoisotopic (exact) mass is 325 g/mol. The Kier molecular flexibility index (Phi) is 5.98. The first-order valence-electron chi connectivity index (χ1n) is 7.04. The first-order valence-corrected chi connectivity index (χ1v) is 7.04. The average molecular weight is 325 g/mol. The smallest absolute Gasteiger partial charge is 0.322 e. The van der Waals surface area contributed by atoms with Crippen LogP contribution in [0.25, 0.3) is 0 Å². The van der Waals surface area contributed by atoms with E-state index in [-0.39, 0.29) is 0 Å². The molecule has 0 aliphatic rings. The van der Waals surface area contributed by atoms with Gasteiger partial charge in [-0.15, -0.1) is 0 Å². The Labute approximate surface area is 135 Å². The van der Waals surface area contributed by atoms with Gasteiger partial charge in [0.15, 0.2) is 17.4 Å². The van der Waals surface area contributed by atoms with Crippen LogP contribution in [0.15, 0.2) is 18.2 Å². The van der Waals surface area contributed by atoms with E-state index in [1.165, 1.54) is 14.2 Å². The lowest BCUT2D eigenvalue weighted by Gasteiger charge is -2.25. The first-order chi connectivity index (χ1) is 10.6. The first kappa shape index (κ1) is 18.8. The van der Waals surface area contributed by atoms with Gasteiger partial charge in [0.2, 0.25) is 0 Å². The van der Waals surface area contributed by atoms with Gasteiger partial charge >= 0.3 is 11.9 Å². The number of rotatable bonds is 6. The van der Waals surface area contributed by atoms with Crippen molar-refractivity contribution in [2.75, 3.05) is 14.2 Å². The normalized spacial score (nSPS) is 13.8. The van der Waals surface area contributed by atoms with Crippen LogP contribution in [-0.4, -0.2) is 36.9 Å². The third-order valence-corrected chi connectivity index (χ3v) is 3.08. The third-order valence-electron chi connectivity index (χ3n) is 3.08. The van der Waals surface area contributed by atoms with Gasteiger partial charge in [0.1, 0.15) is 5.60 Å². The Morgan fingerprint density at radius 3 is 2.13 bits per heavy atom. The van der Waals surface area contributed by atoms with Gasteiger partial charge in [-0.1, -0.05) is 6.07 Å². The molecule has 0 aromatic heterocycles. The summed E-state index contributed by atoms with van der Waals surface area (Å²) in [4.78, 5) is 23.6. The molecule has 3 N–H and O–H groups in total. The average Bonchev–Trinajstić information content (AvgIpc) is 2.44. The van der Waals surface area contributed by atoms with Gasteiger partial charge < -0.3 is 25.1 Å². The number of esters is 1. The minimum atomic E-state index is -1.52. The highest BCUT2D eigenvalue weighted by atomic mass is 16.6. The molecule has 1 unspecified atom stereocenters. The van der Waals surface area contributed by atoms with Crippen LogP contribution in [0, 0.1) is 5.92 Å². The maximum absolute atomic E-state index is 12.2. The zero-order chi connectivity index (χ0) is 17.8. The zero-order valence-electron chi connectivity index (χ0n) is 14.0. The van der Waals surface area contributed by atoms with E-state index in [1.807, 2.05) is 0 Å². The van der Waals surface area contributed by atoms with Gasteiger partial charge in [0.05, 0.1) is 20.3 Å². The number of carboxylic acid groups (broad SMARTS) is 1. The molecule has 0 aliphatic carbocycles. The predicted molar refractivity (Wildman–Crippen MR) is 83.4 cm³/mol. The molecule has 0 saturated carbocycles. The van der Waals surface area contributed by atoms with Crippen molar-refractivity contribution in [3.63, 3.8) is 0 Å². The summed E-state index contributed by atoms with van der Waals surface area (Å²) in [6, 6.07) is 3.65. The van der Waals surface area contributed by atoms with Gasteiger partial charge in [-0.2, -0.15) is 0 Å². The van der Waals surface area contributed by atoms with Crippen LogP contribution < -0.4 is 15.2 Å². The van der Waals surface area contributed by atoms with E-state index in [9.17, 15) is 14.7 Å². The van der Waals surface area contributed by atoms with E-state index < -0.39 is 29.5 Å². The van der Waals surface area contributed by atoms with Crippen LogP contribution in [0.4, 0.5) is 0 Å². The van der Waals surface area contributed by atoms with Crippen LogP contribution in [-0.2, 0) is 14.3 Å². The molecular weight excluding hydrogens is 302 g/mol. The predicted octanol–water partition coefficient (Wildman–Crippen LogP) is 1.75. The SMILES string of the molecule is COc1ccc(C(N)[C@@H](C(=O)O)C(=O)OC(C)(C)C)cc1OC. The highest BCUT2D eigenvalue weighted by Gasteiger charge is 2.37. The lowest BCUT2D eigenvalue weighted by atomic mass is 9.93. The highest BCUT2D eigenvalue weighted by molar-refractivity contribution is 5.95. The van der Waals surface area contributed by atoms with E-state index in [1.54, 1.807) is 39.0 Å². The number of carboxylic acids is 1. The topological polar surface area (TPSA) is 108 Å².